The van der Waals surface area contributed by atoms with E-state index in [0.717, 1.165) is 42.9 Å². The van der Waals surface area contributed by atoms with Crippen molar-refractivity contribution in [3.63, 3.8) is 0 Å². The number of hydrogen-bond donors (Lipinski definition) is 3. The molecule has 0 aromatic heterocycles. The van der Waals surface area contributed by atoms with Gasteiger partial charge in [-0.15, -0.1) is 0 Å². The van der Waals surface area contributed by atoms with Crippen LogP contribution in [0, 0.1) is 5.92 Å². The summed E-state index contributed by atoms with van der Waals surface area (Å²) in [5, 5.41) is 14.1. The van der Waals surface area contributed by atoms with Crippen LogP contribution in [0.1, 0.15) is 42.5 Å². The molecule has 0 spiro atoms. The third-order valence-electron chi connectivity index (χ3n) is 4.84. The van der Waals surface area contributed by atoms with Gasteiger partial charge in [-0.25, -0.2) is 4.79 Å². The third-order valence-corrected chi connectivity index (χ3v) is 4.84. The van der Waals surface area contributed by atoms with Crippen LogP contribution in [0.25, 0.3) is 10.8 Å². The first-order valence-corrected chi connectivity index (χ1v) is 8.38. The second kappa shape index (κ2) is 6.91. The lowest BCUT2D eigenvalue weighted by molar-refractivity contribution is -0.141. The number of nitrogens with one attached hydrogen (secondary N) is 1. The van der Waals surface area contributed by atoms with Crippen molar-refractivity contribution in [3.05, 3.63) is 42.0 Å². The molecule has 126 valence electrons. The van der Waals surface area contributed by atoms with E-state index < -0.39 is 17.9 Å². The highest BCUT2D eigenvalue weighted by Crippen LogP contribution is 2.27. The second-order valence-corrected chi connectivity index (χ2v) is 6.47. The molecular weight excluding hydrogens is 304 g/mol. The van der Waals surface area contributed by atoms with Crippen molar-refractivity contribution in [2.75, 3.05) is 5.73 Å². The van der Waals surface area contributed by atoms with Gasteiger partial charge in [0, 0.05) is 5.69 Å². The minimum atomic E-state index is -0.977. The van der Waals surface area contributed by atoms with Gasteiger partial charge in [-0.2, -0.15) is 0 Å². The minimum Gasteiger partial charge on any atom is -0.480 e. The second-order valence-electron chi connectivity index (χ2n) is 6.47. The molecule has 0 radical (unpaired) electrons. The largest absolute Gasteiger partial charge is 0.480 e. The highest BCUT2D eigenvalue weighted by molar-refractivity contribution is 6.05. The summed E-state index contributed by atoms with van der Waals surface area (Å²) in [6, 6.07) is 10.2. The molecule has 0 bridgehead atoms. The number of carboxylic acid groups (broad SMARTS) is 1. The summed E-state index contributed by atoms with van der Waals surface area (Å²) >= 11 is 0. The SMILES string of the molecule is Nc1cc2ccccc2cc1C(=O)N[C@H](C(=O)O)C1CCCCC1. The Morgan fingerprint density at radius 1 is 1.08 bits per heavy atom. The van der Waals surface area contributed by atoms with E-state index in [1.54, 1.807) is 12.1 Å². The predicted molar refractivity (Wildman–Crippen MR) is 93.8 cm³/mol. The number of anilines is 1. The maximum absolute atomic E-state index is 12.6. The highest BCUT2D eigenvalue weighted by Gasteiger charge is 2.31. The van der Waals surface area contributed by atoms with Crippen LogP contribution >= 0.6 is 0 Å². The number of carboxylic acids is 1. The molecule has 3 rings (SSSR count). The molecule has 0 aliphatic heterocycles. The Balaban J connectivity index is 1.84. The summed E-state index contributed by atoms with van der Waals surface area (Å²) in [6.07, 6.45) is 4.84. The fourth-order valence-corrected chi connectivity index (χ4v) is 3.52. The number of hydrogen-bond acceptors (Lipinski definition) is 3. The zero-order valence-corrected chi connectivity index (χ0v) is 13.5. The van der Waals surface area contributed by atoms with Crippen molar-refractivity contribution < 1.29 is 14.7 Å². The number of amides is 1. The Bertz CT molecular complexity index is 766. The fourth-order valence-electron chi connectivity index (χ4n) is 3.52. The van der Waals surface area contributed by atoms with Crippen LogP contribution in [0.4, 0.5) is 5.69 Å². The van der Waals surface area contributed by atoms with Crippen LogP contribution in [0.15, 0.2) is 36.4 Å². The van der Waals surface area contributed by atoms with Crippen LogP contribution in [0.5, 0.6) is 0 Å². The first-order chi connectivity index (χ1) is 11.6. The zero-order valence-electron chi connectivity index (χ0n) is 13.5. The molecule has 0 heterocycles. The summed E-state index contributed by atoms with van der Waals surface area (Å²) in [5.41, 5.74) is 6.70. The van der Waals surface area contributed by atoms with Crippen LogP contribution in [-0.2, 0) is 4.79 Å². The number of rotatable bonds is 4. The molecule has 2 aromatic carbocycles. The van der Waals surface area contributed by atoms with Gasteiger partial charge in [0.2, 0.25) is 0 Å². The number of nitrogen functional groups attached to an aromatic ring is 1. The average molecular weight is 326 g/mol. The Morgan fingerprint density at radius 2 is 1.71 bits per heavy atom. The molecule has 1 atom stereocenters. The molecule has 1 fully saturated rings. The Morgan fingerprint density at radius 3 is 2.33 bits per heavy atom. The number of carbonyl (C=O) groups is 2. The van der Waals surface area contributed by atoms with Crippen LogP contribution in [0.2, 0.25) is 0 Å². The van der Waals surface area contributed by atoms with E-state index in [0.29, 0.717) is 11.3 Å². The van der Waals surface area contributed by atoms with Gasteiger partial charge in [-0.05, 0) is 41.7 Å². The van der Waals surface area contributed by atoms with Crippen LogP contribution in [-0.4, -0.2) is 23.0 Å². The first kappa shape index (κ1) is 16.3. The smallest absolute Gasteiger partial charge is 0.326 e. The van der Waals surface area contributed by atoms with Gasteiger partial charge in [0.1, 0.15) is 6.04 Å². The monoisotopic (exact) mass is 326 g/mol. The predicted octanol–water partition coefficient (Wildman–Crippen LogP) is 3.19. The normalized spacial score (nSPS) is 16.7. The standard InChI is InChI=1S/C19H22N2O3/c20-16-11-14-9-5-4-8-13(14)10-15(16)18(22)21-17(19(23)24)12-6-2-1-3-7-12/h4-5,8-12,17H,1-3,6-7,20H2,(H,21,22)(H,23,24)/t17-/m0/s1. The molecule has 0 unspecified atom stereocenters. The fraction of sp³-hybridized carbons (Fsp3) is 0.368. The van der Waals surface area contributed by atoms with E-state index in [9.17, 15) is 14.7 Å². The van der Waals surface area contributed by atoms with Crippen LogP contribution < -0.4 is 11.1 Å². The summed E-state index contributed by atoms with van der Waals surface area (Å²) in [7, 11) is 0. The number of benzene rings is 2. The molecule has 1 amide bonds. The van der Waals surface area contributed by atoms with Crippen molar-refractivity contribution in [1.29, 1.82) is 0 Å². The molecule has 1 aliphatic carbocycles. The van der Waals surface area contributed by atoms with E-state index in [1.165, 1.54) is 0 Å². The topological polar surface area (TPSA) is 92.4 Å². The van der Waals surface area contributed by atoms with Crippen molar-refractivity contribution in [3.8, 4) is 0 Å². The highest BCUT2D eigenvalue weighted by atomic mass is 16.4. The Labute approximate surface area is 140 Å². The van der Waals surface area contributed by atoms with E-state index in [4.69, 9.17) is 5.73 Å². The lowest BCUT2D eigenvalue weighted by atomic mass is 9.83. The molecule has 5 nitrogen and oxygen atoms in total. The van der Waals surface area contributed by atoms with Crippen molar-refractivity contribution >= 4 is 28.3 Å². The number of aliphatic carboxylic acids is 1. The van der Waals surface area contributed by atoms with E-state index >= 15 is 0 Å². The Hall–Kier alpha value is -2.56. The van der Waals surface area contributed by atoms with Gasteiger partial charge in [0.05, 0.1) is 5.56 Å². The van der Waals surface area contributed by atoms with Gasteiger partial charge in [-0.1, -0.05) is 43.5 Å². The van der Waals surface area contributed by atoms with Gasteiger partial charge < -0.3 is 16.2 Å². The van der Waals surface area contributed by atoms with Crippen molar-refractivity contribution in [1.82, 2.24) is 5.32 Å². The maximum Gasteiger partial charge on any atom is 0.326 e. The quantitative estimate of drug-likeness (QED) is 0.752. The molecule has 0 saturated heterocycles. The van der Waals surface area contributed by atoms with Gasteiger partial charge in [-0.3, -0.25) is 4.79 Å². The number of nitrogens with two attached hydrogens (primary N) is 1. The molecule has 1 saturated carbocycles. The first-order valence-electron chi connectivity index (χ1n) is 8.38. The third kappa shape index (κ3) is 3.35. The lowest BCUT2D eigenvalue weighted by Crippen LogP contribution is -2.46. The summed E-state index contributed by atoms with van der Waals surface area (Å²) in [6.45, 7) is 0. The molecule has 24 heavy (non-hydrogen) atoms. The molecule has 5 heteroatoms. The van der Waals surface area contributed by atoms with Crippen LogP contribution in [0.3, 0.4) is 0 Å². The van der Waals surface area contributed by atoms with E-state index in [-0.39, 0.29) is 5.92 Å². The number of carbonyl (C=O) groups excluding carboxylic acids is 1. The van der Waals surface area contributed by atoms with E-state index in [1.807, 2.05) is 24.3 Å². The minimum absolute atomic E-state index is 0.0121. The van der Waals surface area contributed by atoms with Gasteiger partial charge in [0.15, 0.2) is 0 Å². The summed E-state index contributed by atoms with van der Waals surface area (Å²) in [4.78, 5) is 24.2. The lowest BCUT2D eigenvalue weighted by Gasteiger charge is -2.28. The number of fused-ring (bicyclic) bond motifs is 1. The molecule has 1 aliphatic rings. The molecule has 4 N–H and O–H groups in total. The van der Waals surface area contributed by atoms with E-state index in [2.05, 4.69) is 5.32 Å². The van der Waals surface area contributed by atoms with Gasteiger partial charge in [0.25, 0.3) is 5.91 Å². The summed E-state index contributed by atoms with van der Waals surface area (Å²) < 4.78 is 0. The molecule has 2 aromatic rings. The maximum atomic E-state index is 12.6. The average Bonchev–Trinajstić information content (AvgIpc) is 2.59. The summed E-state index contributed by atoms with van der Waals surface area (Å²) in [5.74, 6) is -1.41. The zero-order chi connectivity index (χ0) is 17.1. The van der Waals surface area contributed by atoms with Crippen molar-refractivity contribution in [2.45, 2.75) is 38.1 Å². The molecular formula is C19H22N2O3. The van der Waals surface area contributed by atoms with Gasteiger partial charge >= 0.3 is 5.97 Å². The van der Waals surface area contributed by atoms with Crippen molar-refractivity contribution in [2.24, 2.45) is 5.92 Å². The Kier molecular flexibility index (Phi) is 4.69.